The minimum absolute atomic E-state index is 0.394. The predicted molar refractivity (Wildman–Crippen MR) is 107 cm³/mol. The molecule has 8 heteroatoms. The molecule has 28 heavy (non-hydrogen) atoms. The summed E-state index contributed by atoms with van der Waals surface area (Å²) in [6.45, 7) is 0.723. The molecule has 0 unspecified atom stereocenters. The van der Waals surface area contributed by atoms with Gasteiger partial charge in [0, 0.05) is 30.2 Å². The van der Waals surface area contributed by atoms with E-state index < -0.39 is 22.9 Å². The highest BCUT2D eigenvalue weighted by molar-refractivity contribution is 7.87. The Kier molecular flexibility index (Phi) is 5.20. The van der Waals surface area contributed by atoms with Crippen molar-refractivity contribution in [1.82, 2.24) is 13.3 Å². The Hall–Kier alpha value is -2.26. The number of hydrogen-bond acceptors (Lipinski definition) is 5. The second kappa shape index (κ2) is 7.63. The van der Waals surface area contributed by atoms with E-state index in [2.05, 4.69) is 4.98 Å². The van der Waals surface area contributed by atoms with Gasteiger partial charge in [-0.15, -0.1) is 0 Å². The third kappa shape index (κ3) is 3.44. The molecular weight excluding hydrogens is 378 g/mol. The lowest BCUT2D eigenvalue weighted by Crippen LogP contribution is -2.38. The van der Waals surface area contributed by atoms with Gasteiger partial charge in [-0.2, -0.15) is 12.7 Å². The standard InChI is InChI=1S/C20H23N3O4S/c24-14-20(25)18-6-4-5-17(21-18)15-7-8-19-16(13-15)9-12-23(19)28(26,27)22-10-2-1-3-11-22/h4-9,12-13,20,24-25H,1-3,10-11,14H2/t20-/m1/s1. The lowest BCUT2D eigenvalue weighted by atomic mass is 10.1. The third-order valence-electron chi connectivity index (χ3n) is 5.13. The van der Waals surface area contributed by atoms with Gasteiger partial charge >= 0.3 is 10.2 Å². The van der Waals surface area contributed by atoms with E-state index in [1.165, 1.54) is 3.97 Å². The number of piperidine rings is 1. The first kappa shape index (κ1) is 19.1. The molecule has 2 N–H and O–H groups in total. The molecule has 4 rings (SSSR count). The number of aromatic nitrogens is 2. The summed E-state index contributed by atoms with van der Waals surface area (Å²) in [5.74, 6) is 0. The fraction of sp³-hybridized carbons (Fsp3) is 0.350. The molecule has 2 aromatic heterocycles. The molecule has 0 saturated carbocycles. The van der Waals surface area contributed by atoms with Crippen LogP contribution in [0.3, 0.4) is 0 Å². The Balaban J connectivity index is 1.71. The van der Waals surface area contributed by atoms with Crippen LogP contribution in [0.15, 0.2) is 48.7 Å². The number of fused-ring (bicyclic) bond motifs is 1. The Bertz CT molecular complexity index is 1090. The fourth-order valence-corrected chi connectivity index (χ4v) is 5.19. The van der Waals surface area contributed by atoms with Crippen LogP contribution in [0, 0.1) is 0 Å². The molecule has 3 heterocycles. The summed E-state index contributed by atoms with van der Waals surface area (Å²) in [4.78, 5) is 4.41. The largest absolute Gasteiger partial charge is 0.393 e. The van der Waals surface area contributed by atoms with Crippen molar-refractivity contribution < 1.29 is 18.6 Å². The number of nitrogens with zero attached hydrogens (tertiary/aromatic N) is 3. The molecule has 1 aromatic carbocycles. The lowest BCUT2D eigenvalue weighted by Gasteiger charge is -2.26. The molecule has 148 valence electrons. The third-order valence-corrected chi connectivity index (χ3v) is 6.96. The summed E-state index contributed by atoms with van der Waals surface area (Å²) >= 11 is 0. The topological polar surface area (TPSA) is 95.7 Å². The summed E-state index contributed by atoms with van der Waals surface area (Å²) in [6.07, 6.45) is 3.42. The normalized spacial score (nSPS) is 17.1. The van der Waals surface area contributed by atoms with Crippen LogP contribution in [0.1, 0.15) is 31.1 Å². The molecule has 1 fully saturated rings. The second-order valence-electron chi connectivity index (χ2n) is 7.00. The molecule has 1 aliphatic heterocycles. The number of benzene rings is 1. The number of aliphatic hydroxyl groups excluding tert-OH is 2. The highest BCUT2D eigenvalue weighted by Gasteiger charge is 2.26. The summed E-state index contributed by atoms with van der Waals surface area (Å²) < 4.78 is 28.9. The lowest BCUT2D eigenvalue weighted by molar-refractivity contribution is 0.0923. The van der Waals surface area contributed by atoms with Gasteiger partial charge in [-0.05, 0) is 43.2 Å². The van der Waals surface area contributed by atoms with Crippen LogP contribution in [-0.4, -0.2) is 51.6 Å². The molecular formula is C20H23N3O4S. The highest BCUT2D eigenvalue weighted by Crippen LogP contribution is 2.27. The van der Waals surface area contributed by atoms with Gasteiger partial charge in [-0.25, -0.2) is 8.96 Å². The summed E-state index contributed by atoms with van der Waals surface area (Å²) in [7, 11) is -3.57. The molecule has 0 spiro atoms. The zero-order valence-corrected chi connectivity index (χ0v) is 16.2. The maximum atomic E-state index is 13.0. The average molecular weight is 401 g/mol. The maximum absolute atomic E-state index is 13.0. The first-order chi connectivity index (χ1) is 13.5. The minimum atomic E-state index is -3.57. The van der Waals surface area contributed by atoms with Crippen LogP contribution in [0.2, 0.25) is 0 Å². The van der Waals surface area contributed by atoms with Crippen molar-refractivity contribution in [3.8, 4) is 11.3 Å². The number of hydrogen-bond donors (Lipinski definition) is 2. The van der Waals surface area contributed by atoms with Gasteiger partial charge in [0.05, 0.1) is 23.5 Å². The Morgan fingerprint density at radius 2 is 1.86 bits per heavy atom. The van der Waals surface area contributed by atoms with Crippen molar-refractivity contribution >= 4 is 21.1 Å². The SMILES string of the molecule is O=S(=O)(N1CCCCC1)n1ccc2cc(-c3cccc([C@H](O)CO)n3)ccc21. The van der Waals surface area contributed by atoms with Crippen molar-refractivity contribution in [3.63, 3.8) is 0 Å². The Labute approximate surface area is 164 Å². The first-order valence-electron chi connectivity index (χ1n) is 9.39. The van der Waals surface area contributed by atoms with E-state index >= 15 is 0 Å². The van der Waals surface area contributed by atoms with Crippen molar-refractivity contribution in [1.29, 1.82) is 0 Å². The number of aliphatic hydroxyl groups is 2. The molecule has 0 radical (unpaired) electrons. The number of rotatable bonds is 5. The monoisotopic (exact) mass is 401 g/mol. The van der Waals surface area contributed by atoms with E-state index in [-0.39, 0.29) is 0 Å². The molecule has 1 saturated heterocycles. The Morgan fingerprint density at radius 1 is 1.07 bits per heavy atom. The van der Waals surface area contributed by atoms with Crippen LogP contribution in [0.25, 0.3) is 22.2 Å². The quantitative estimate of drug-likeness (QED) is 0.684. The molecule has 1 atom stereocenters. The van der Waals surface area contributed by atoms with Crippen LogP contribution in [0.4, 0.5) is 0 Å². The maximum Gasteiger partial charge on any atom is 0.307 e. The van der Waals surface area contributed by atoms with Crippen LogP contribution < -0.4 is 0 Å². The van der Waals surface area contributed by atoms with Gasteiger partial charge in [-0.3, -0.25) is 0 Å². The van der Waals surface area contributed by atoms with Crippen molar-refractivity contribution in [2.24, 2.45) is 0 Å². The Morgan fingerprint density at radius 3 is 2.61 bits per heavy atom. The average Bonchev–Trinajstić information content (AvgIpc) is 3.18. The molecule has 1 aliphatic rings. The molecule has 0 bridgehead atoms. The van der Waals surface area contributed by atoms with Gasteiger partial charge in [0.2, 0.25) is 0 Å². The highest BCUT2D eigenvalue weighted by atomic mass is 32.2. The molecule has 7 nitrogen and oxygen atoms in total. The zero-order valence-electron chi connectivity index (χ0n) is 15.4. The molecule has 0 aliphatic carbocycles. The zero-order chi connectivity index (χ0) is 19.7. The molecule has 3 aromatic rings. The first-order valence-corrected chi connectivity index (χ1v) is 10.8. The van der Waals surface area contributed by atoms with Crippen LogP contribution >= 0.6 is 0 Å². The van der Waals surface area contributed by atoms with Crippen molar-refractivity contribution in [2.75, 3.05) is 19.7 Å². The van der Waals surface area contributed by atoms with Gasteiger partial charge in [0.15, 0.2) is 0 Å². The summed E-state index contributed by atoms with van der Waals surface area (Å²) in [5, 5.41) is 19.7. The molecule has 0 amide bonds. The minimum Gasteiger partial charge on any atom is -0.393 e. The fourth-order valence-electron chi connectivity index (χ4n) is 3.59. The van der Waals surface area contributed by atoms with Gasteiger partial charge in [0.25, 0.3) is 0 Å². The van der Waals surface area contributed by atoms with E-state index in [0.717, 1.165) is 30.2 Å². The summed E-state index contributed by atoms with van der Waals surface area (Å²) in [5.41, 5.74) is 2.48. The van der Waals surface area contributed by atoms with E-state index in [1.54, 1.807) is 34.8 Å². The van der Waals surface area contributed by atoms with E-state index in [9.17, 15) is 13.5 Å². The van der Waals surface area contributed by atoms with E-state index in [1.807, 2.05) is 18.2 Å². The van der Waals surface area contributed by atoms with Gasteiger partial charge in [0.1, 0.15) is 6.10 Å². The smallest absolute Gasteiger partial charge is 0.307 e. The van der Waals surface area contributed by atoms with E-state index in [4.69, 9.17) is 5.11 Å². The van der Waals surface area contributed by atoms with Crippen LogP contribution in [-0.2, 0) is 10.2 Å². The van der Waals surface area contributed by atoms with E-state index in [0.29, 0.717) is 30.0 Å². The van der Waals surface area contributed by atoms with Gasteiger partial charge < -0.3 is 10.2 Å². The number of pyridine rings is 1. The van der Waals surface area contributed by atoms with Crippen molar-refractivity contribution in [2.45, 2.75) is 25.4 Å². The summed E-state index contributed by atoms with van der Waals surface area (Å²) in [6, 6.07) is 12.5. The van der Waals surface area contributed by atoms with Crippen molar-refractivity contribution in [3.05, 3.63) is 54.4 Å². The predicted octanol–water partition coefficient (Wildman–Crippen LogP) is 2.31. The van der Waals surface area contributed by atoms with Crippen LogP contribution in [0.5, 0.6) is 0 Å². The second-order valence-corrected chi connectivity index (χ2v) is 8.80. The van der Waals surface area contributed by atoms with Gasteiger partial charge in [-0.1, -0.05) is 18.6 Å².